The average Bonchev–Trinajstić information content (AvgIpc) is 3.52. The van der Waals surface area contributed by atoms with Crippen LogP contribution in [0.25, 0.3) is 56.0 Å². The third-order valence-electron chi connectivity index (χ3n) is 5.95. The fourth-order valence-corrected chi connectivity index (χ4v) is 4.29. The number of anilines is 1. The van der Waals surface area contributed by atoms with Gasteiger partial charge in [-0.2, -0.15) is 5.10 Å². The molecule has 0 aliphatic heterocycles. The first kappa shape index (κ1) is 23.4. The lowest BCUT2D eigenvalue weighted by molar-refractivity contribution is -0.116. The zero-order valence-corrected chi connectivity index (χ0v) is 20.5. The van der Waals surface area contributed by atoms with Crippen molar-refractivity contribution < 1.29 is 9.18 Å². The normalized spacial score (nSPS) is 11.5. The van der Waals surface area contributed by atoms with Gasteiger partial charge in [-0.15, -0.1) is 0 Å². The van der Waals surface area contributed by atoms with E-state index in [4.69, 9.17) is 4.98 Å². The Morgan fingerprint density at radius 3 is 2.74 bits per heavy atom. The standard InChI is InChI=1S/C27H22FN9O/c1-37(2)14-23(38)32-18-9-16(11-29-12-18)21-10-19-22(13-31-21)35-36-25(19)27-33-20-6-7-30-24(26(20)34-27)15-4-3-5-17(28)8-15/h3-13H,14H2,1-2H3,(H,32,38)(H,33,34)(H,35,36). The minimum Gasteiger partial charge on any atom is -0.336 e. The van der Waals surface area contributed by atoms with Crippen molar-refractivity contribution in [2.45, 2.75) is 0 Å². The van der Waals surface area contributed by atoms with Crippen LogP contribution < -0.4 is 5.32 Å². The van der Waals surface area contributed by atoms with Crippen molar-refractivity contribution in [3.8, 4) is 34.0 Å². The number of likely N-dealkylation sites (N-methyl/N-ethyl adjacent to an activating group) is 1. The van der Waals surface area contributed by atoms with Gasteiger partial charge in [-0.05, 0) is 44.4 Å². The highest BCUT2D eigenvalue weighted by molar-refractivity contribution is 5.97. The van der Waals surface area contributed by atoms with Gasteiger partial charge in [0.2, 0.25) is 5.91 Å². The van der Waals surface area contributed by atoms with Crippen LogP contribution in [-0.4, -0.2) is 66.6 Å². The summed E-state index contributed by atoms with van der Waals surface area (Å²) in [6, 6.07) is 11.8. The number of amides is 1. The first-order chi connectivity index (χ1) is 18.4. The number of fused-ring (bicyclic) bond motifs is 2. The second-order valence-corrected chi connectivity index (χ2v) is 9.09. The lowest BCUT2D eigenvalue weighted by Crippen LogP contribution is -2.27. The SMILES string of the molecule is CN(C)CC(=O)Nc1cncc(-c2cc3c(-c4nc5c(-c6cccc(F)c6)nccc5[nH]4)n[nH]c3cn2)c1. The lowest BCUT2D eigenvalue weighted by Gasteiger charge is -2.10. The second kappa shape index (κ2) is 9.45. The molecule has 1 aromatic carbocycles. The van der Waals surface area contributed by atoms with E-state index in [-0.39, 0.29) is 18.3 Å². The summed E-state index contributed by atoms with van der Waals surface area (Å²) >= 11 is 0. The number of aromatic amines is 2. The van der Waals surface area contributed by atoms with Gasteiger partial charge in [0.25, 0.3) is 0 Å². The van der Waals surface area contributed by atoms with Crippen LogP contribution in [0.15, 0.2) is 67.3 Å². The molecular weight excluding hydrogens is 485 g/mol. The highest BCUT2D eigenvalue weighted by Gasteiger charge is 2.17. The van der Waals surface area contributed by atoms with Crippen LogP contribution >= 0.6 is 0 Å². The zero-order valence-electron chi connectivity index (χ0n) is 20.5. The van der Waals surface area contributed by atoms with Crippen LogP contribution in [0.4, 0.5) is 10.1 Å². The number of hydrogen-bond acceptors (Lipinski definition) is 7. The predicted octanol–water partition coefficient (Wildman–Crippen LogP) is 4.26. The molecule has 0 bridgehead atoms. The van der Waals surface area contributed by atoms with Crippen molar-refractivity contribution in [3.05, 3.63) is 73.1 Å². The van der Waals surface area contributed by atoms with Gasteiger partial charge in [-0.25, -0.2) is 9.37 Å². The monoisotopic (exact) mass is 507 g/mol. The average molecular weight is 508 g/mol. The van der Waals surface area contributed by atoms with Crippen LogP contribution in [0.2, 0.25) is 0 Å². The Morgan fingerprint density at radius 1 is 1.00 bits per heavy atom. The first-order valence-corrected chi connectivity index (χ1v) is 11.8. The Hall–Kier alpha value is -5.03. The molecule has 6 rings (SSSR count). The molecule has 188 valence electrons. The van der Waals surface area contributed by atoms with Crippen LogP contribution in [-0.2, 0) is 4.79 Å². The second-order valence-electron chi connectivity index (χ2n) is 9.09. The minimum absolute atomic E-state index is 0.133. The molecule has 10 nitrogen and oxygen atoms in total. The van der Waals surface area contributed by atoms with Gasteiger partial charge < -0.3 is 15.2 Å². The van der Waals surface area contributed by atoms with E-state index in [2.05, 4.69) is 35.5 Å². The Bertz CT molecular complexity index is 1810. The number of halogens is 1. The Balaban J connectivity index is 1.38. The van der Waals surface area contributed by atoms with Gasteiger partial charge in [0, 0.05) is 28.9 Å². The van der Waals surface area contributed by atoms with E-state index in [0.717, 1.165) is 22.0 Å². The van der Waals surface area contributed by atoms with Crippen molar-refractivity contribution >= 4 is 33.5 Å². The number of hydrogen-bond donors (Lipinski definition) is 3. The van der Waals surface area contributed by atoms with E-state index in [1.54, 1.807) is 41.8 Å². The summed E-state index contributed by atoms with van der Waals surface area (Å²) in [6.07, 6.45) is 6.64. The van der Waals surface area contributed by atoms with Crippen molar-refractivity contribution in [3.63, 3.8) is 0 Å². The molecule has 5 heterocycles. The molecule has 0 radical (unpaired) electrons. The largest absolute Gasteiger partial charge is 0.336 e. The smallest absolute Gasteiger partial charge is 0.238 e. The molecule has 0 unspecified atom stereocenters. The maximum absolute atomic E-state index is 13.9. The summed E-state index contributed by atoms with van der Waals surface area (Å²) < 4.78 is 13.9. The lowest BCUT2D eigenvalue weighted by atomic mass is 10.1. The summed E-state index contributed by atoms with van der Waals surface area (Å²) in [4.78, 5) is 35.3. The molecule has 3 N–H and O–H groups in total. The van der Waals surface area contributed by atoms with E-state index >= 15 is 0 Å². The molecule has 1 amide bonds. The number of nitrogens with zero attached hydrogens (tertiary/aromatic N) is 6. The predicted molar refractivity (Wildman–Crippen MR) is 143 cm³/mol. The summed E-state index contributed by atoms with van der Waals surface area (Å²) in [5.41, 5.74) is 5.90. The van der Waals surface area contributed by atoms with Crippen molar-refractivity contribution in [2.75, 3.05) is 26.0 Å². The molecule has 0 atom stereocenters. The molecule has 0 saturated carbocycles. The van der Waals surface area contributed by atoms with Crippen LogP contribution in [0.3, 0.4) is 0 Å². The van der Waals surface area contributed by atoms with Crippen molar-refractivity contribution in [1.29, 1.82) is 0 Å². The minimum atomic E-state index is -0.341. The number of nitrogens with one attached hydrogen (secondary N) is 3. The first-order valence-electron chi connectivity index (χ1n) is 11.8. The molecular formula is C27H22FN9O. The number of carbonyl (C=O) groups excluding carboxylic acids is 1. The van der Waals surface area contributed by atoms with E-state index in [1.807, 2.05) is 32.3 Å². The van der Waals surface area contributed by atoms with Crippen molar-refractivity contribution in [2.24, 2.45) is 0 Å². The number of carbonyl (C=O) groups is 1. The van der Waals surface area contributed by atoms with Gasteiger partial charge in [-0.3, -0.25) is 24.8 Å². The van der Waals surface area contributed by atoms with Gasteiger partial charge in [0.15, 0.2) is 5.82 Å². The molecule has 0 aliphatic rings. The quantitative estimate of drug-likeness (QED) is 0.307. The molecule has 38 heavy (non-hydrogen) atoms. The molecule has 11 heteroatoms. The number of imidazole rings is 1. The molecule has 5 aromatic heterocycles. The van der Waals surface area contributed by atoms with Gasteiger partial charge in [-0.1, -0.05) is 12.1 Å². The van der Waals surface area contributed by atoms with Crippen LogP contribution in [0.1, 0.15) is 0 Å². The van der Waals surface area contributed by atoms with E-state index < -0.39 is 0 Å². The van der Waals surface area contributed by atoms with E-state index in [1.165, 1.54) is 12.1 Å². The summed E-state index contributed by atoms with van der Waals surface area (Å²) in [5.74, 6) is 0.0644. The molecule has 6 aromatic rings. The fourth-order valence-electron chi connectivity index (χ4n) is 4.29. The summed E-state index contributed by atoms with van der Waals surface area (Å²) in [7, 11) is 3.66. The van der Waals surface area contributed by atoms with Crippen molar-refractivity contribution in [1.82, 2.24) is 40.0 Å². The molecule has 0 fully saturated rings. The topological polar surface area (TPSA) is 128 Å². The Morgan fingerprint density at radius 2 is 1.89 bits per heavy atom. The Kier molecular flexibility index (Phi) is 5.81. The number of H-pyrrole nitrogens is 2. The summed E-state index contributed by atoms with van der Waals surface area (Å²) in [5, 5.41) is 11.1. The molecule has 0 saturated heterocycles. The molecule has 0 spiro atoms. The highest BCUT2D eigenvalue weighted by atomic mass is 19.1. The summed E-state index contributed by atoms with van der Waals surface area (Å²) in [6.45, 7) is 0.265. The number of aromatic nitrogens is 7. The fraction of sp³-hybridized carbons (Fsp3) is 0.111. The van der Waals surface area contributed by atoms with Crippen LogP contribution in [0, 0.1) is 5.82 Å². The third kappa shape index (κ3) is 4.46. The maximum atomic E-state index is 13.9. The van der Waals surface area contributed by atoms with E-state index in [9.17, 15) is 9.18 Å². The van der Waals surface area contributed by atoms with Gasteiger partial charge >= 0.3 is 0 Å². The highest BCUT2D eigenvalue weighted by Crippen LogP contribution is 2.32. The maximum Gasteiger partial charge on any atom is 0.238 e. The number of rotatable bonds is 6. The third-order valence-corrected chi connectivity index (χ3v) is 5.95. The molecule has 0 aliphatic carbocycles. The Labute approximate surface area is 216 Å². The van der Waals surface area contributed by atoms with Crippen LogP contribution in [0.5, 0.6) is 0 Å². The number of benzene rings is 1. The number of pyridine rings is 3. The van der Waals surface area contributed by atoms with Gasteiger partial charge in [0.05, 0.1) is 47.0 Å². The van der Waals surface area contributed by atoms with E-state index in [0.29, 0.717) is 39.7 Å². The van der Waals surface area contributed by atoms with Gasteiger partial charge in [0.1, 0.15) is 17.0 Å². The zero-order chi connectivity index (χ0) is 26.2.